The molecule has 0 fully saturated rings. The van der Waals surface area contributed by atoms with Crippen LogP contribution in [-0.4, -0.2) is 27.0 Å². The minimum Gasteiger partial charge on any atom is -0.252 e. The molecule has 0 N–H and O–H groups in total. The number of unbranched alkanes of at least 4 members (excludes halogenated alkanes) is 3. The van der Waals surface area contributed by atoms with Crippen LogP contribution < -0.4 is 0 Å². The Morgan fingerprint density at radius 3 is 2.70 bits per heavy atom. The first kappa shape index (κ1) is 17.9. The highest BCUT2D eigenvalue weighted by Gasteiger charge is 2.01. The lowest BCUT2D eigenvalue weighted by Crippen LogP contribution is -1.99. The van der Waals surface area contributed by atoms with Crippen molar-refractivity contribution in [2.45, 2.75) is 65.3 Å². The molecule has 116 valence electrons. The number of hydrogen-bond acceptors (Lipinski definition) is 4. The molecule has 0 aliphatic heterocycles. The van der Waals surface area contributed by atoms with E-state index in [9.17, 15) is 0 Å². The van der Waals surface area contributed by atoms with Crippen molar-refractivity contribution in [3.8, 4) is 0 Å². The monoisotopic (exact) mass is 315 g/mol. The van der Waals surface area contributed by atoms with Crippen molar-refractivity contribution in [3.63, 3.8) is 0 Å². The molecule has 1 rings (SSSR count). The Morgan fingerprint density at radius 1 is 1.15 bits per heavy atom. The molecular weight excluding hydrogens is 286 g/mol. The van der Waals surface area contributed by atoms with Gasteiger partial charge in [-0.15, -0.1) is 5.10 Å². The van der Waals surface area contributed by atoms with Crippen molar-refractivity contribution in [2.24, 2.45) is 5.92 Å². The second-order valence-electron chi connectivity index (χ2n) is 5.66. The fourth-order valence-electron chi connectivity index (χ4n) is 2.14. The summed E-state index contributed by atoms with van der Waals surface area (Å²) >= 11 is 0. The molecule has 1 heterocycles. The molecular formula is C15H29N3S2. The van der Waals surface area contributed by atoms with Gasteiger partial charge in [0.05, 0.1) is 5.69 Å². The highest BCUT2D eigenvalue weighted by atomic mass is 33.1. The standard InChI is InChI=1S/C15H29N3S2/c1-14(2)9-6-4-5-7-10-15-13-18(17-16-15)11-8-12-20-19-3/h13-14H,4-12H2,1-3H3. The highest BCUT2D eigenvalue weighted by Crippen LogP contribution is 2.17. The Bertz CT molecular complexity index is 340. The number of hydrogen-bond donors (Lipinski definition) is 0. The number of aryl methyl sites for hydroxylation is 2. The Kier molecular flexibility index (Phi) is 10.3. The maximum absolute atomic E-state index is 4.26. The smallest absolute Gasteiger partial charge is 0.0827 e. The summed E-state index contributed by atoms with van der Waals surface area (Å²) in [5, 5.41) is 8.46. The van der Waals surface area contributed by atoms with Gasteiger partial charge in [0.2, 0.25) is 0 Å². The molecule has 0 spiro atoms. The zero-order valence-electron chi connectivity index (χ0n) is 13.2. The summed E-state index contributed by atoms with van der Waals surface area (Å²) in [6, 6.07) is 0. The zero-order chi connectivity index (χ0) is 14.6. The molecule has 0 bridgehead atoms. The van der Waals surface area contributed by atoms with Crippen LogP contribution >= 0.6 is 21.6 Å². The first-order chi connectivity index (χ1) is 9.72. The Labute approximate surface area is 132 Å². The van der Waals surface area contributed by atoms with Crippen molar-refractivity contribution in [1.29, 1.82) is 0 Å². The van der Waals surface area contributed by atoms with Gasteiger partial charge in [-0.25, -0.2) is 0 Å². The lowest BCUT2D eigenvalue weighted by atomic mass is 10.0. The minimum absolute atomic E-state index is 0.846. The van der Waals surface area contributed by atoms with E-state index in [4.69, 9.17) is 0 Å². The van der Waals surface area contributed by atoms with Crippen molar-refractivity contribution in [2.75, 3.05) is 12.0 Å². The highest BCUT2D eigenvalue weighted by molar-refractivity contribution is 8.76. The van der Waals surface area contributed by atoms with Crippen molar-refractivity contribution < 1.29 is 0 Å². The number of nitrogens with zero attached hydrogens (tertiary/aromatic N) is 3. The average molecular weight is 316 g/mol. The van der Waals surface area contributed by atoms with Crippen LogP contribution in [0.5, 0.6) is 0 Å². The quantitative estimate of drug-likeness (QED) is 0.408. The predicted octanol–water partition coefficient (Wildman–Crippen LogP) is 4.83. The molecule has 1 aromatic heterocycles. The third kappa shape index (κ3) is 8.90. The molecule has 1 aromatic rings. The van der Waals surface area contributed by atoms with E-state index < -0.39 is 0 Å². The van der Waals surface area contributed by atoms with Crippen LogP contribution in [0.3, 0.4) is 0 Å². The summed E-state index contributed by atoms with van der Waals surface area (Å²) < 4.78 is 2.00. The number of rotatable bonds is 12. The summed E-state index contributed by atoms with van der Waals surface area (Å²) in [4.78, 5) is 0. The van der Waals surface area contributed by atoms with Crippen LogP contribution in [0.4, 0.5) is 0 Å². The first-order valence-corrected chi connectivity index (χ1v) is 10.5. The maximum atomic E-state index is 4.26. The lowest BCUT2D eigenvalue weighted by molar-refractivity contribution is 0.519. The molecule has 20 heavy (non-hydrogen) atoms. The first-order valence-electron chi connectivity index (χ1n) is 7.77. The van der Waals surface area contributed by atoms with E-state index in [1.54, 1.807) is 0 Å². The van der Waals surface area contributed by atoms with E-state index in [0.29, 0.717) is 0 Å². The van der Waals surface area contributed by atoms with Crippen LogP contribution in [0.15, 0.2) is 6.20 Å². The molecule has 0 aliphatic rings. The summed E-state index contributed by atoms with van der Waals surface area (Å²) in [6.07, 6.45) is 13.2. The largest absolute Gasteiger partial charge is 0.252 e. The Balaban J connectivity index is 2.05. The van der Waals surface area contributed by atoms with Crippen molar-refractivity contribution in [1.82, 2.24) is 15.0 Å². The van der Waals surface area contributed by atoms with Gasteiger partial charge in [-0.1, -0.05) is 66.3 Å². The fraction of sp³-hybridized carbons (Fsp3) is 0.867. The van der Waals surface area contributed by atoms with Crippen molar-refractivity contribution >= 4 is 21.6 Å². The van der Waals surface area contributed by atoms with E-state index in [1.165, 1.54) is 44.3 Å². The maximum Gasteiger partial charge on any atom is 0.0827 e. The topological polar surface area (TPSA) is 30.7 Å². The molecule has 0 aliphatic carbocycles. The SMILES string of the molecule is CSSCCCn1cc(CCCCCCC(C)C)nn1. The van der Waals surface area contributed by atoms with Gasteiger partial charge < -0.3 is 0 Å². The van der Waals surface area contributed by atoms with Crippen LogP contribution in [0.1, 0.15) is 58.1 Å². The van der Waals surface area contributed by atoms with Gasteiger partial charge in [0.15, 0.2) is 0 Å². The van der Waals surface area contributed by atoms with E-state index in [-0.39, 0.29) is 0 Å². The third-order valence-electron chi connectivity index (χ3n) is 3.28. The van der Waals surface area contributed by atoms with Gasteiger partial charge >= 0.3 is 0 Å². The van der Waals surface area contributed by atoms with Crippen LogP contribution in [0.25, 0.3) is 0 Å². The molecule has 0 radical (unpaired) electrons. The summed E-state index contributed by atoms with van der Waals surface area (Å²) in [6.45, 7) is 5.60. The molecule has 0 atom stereocenters. The van der Waals surface area contributed by atoms with Gasteiger partial charge in [0, 0.05) is 18.5 Å². The third-order valence-corrected chi connectivity index (χ3v) is 5.18. The molecule has 0 saturated carbocycles. The van der Waals surface area contributed by atoms with Crippen LogP contribution in [0, 0.1) is 5.92 Å². The second-order valence-corrected chi connectivity index (χ2v) is 8.35. The lowest BCUT2D eigenvalue weighted by Gasteiger charge is -2.03. The molecule has 3 nitrogen and oxygen atoms in total. The normalized spacial score (nSPS) is 11.4. The second kappa shape index (κ2) is 11.5. The van der Waals surface area contributed by atoms with Gasteiger partial charge in [-0.2, -0.15) is 0 Å². The van der Waals surface area contributed by atoms with Gasteiger partial charge in [0.1, 0.15) is 0 Å². The minimum atomic E-state index is 0.846. The zero-order valence-corrected chi connectivity index (χ0v) is 14.8. The van der Waals surface area contributed by atoms with Crippen molar-refractivity contribution in [3.05, 3.63) is 11.9 Å². The number of aromatic nitrogens is 3. The average Bonchev–Trinajstić information content (AvgIpc) is 2.86. The Morgan fingerprint density at radius 2 is 1.95 bits per heavy atom. The van der Waals surface area contributed by atoms with Gasteiger partial charge in [-0.3, -0.25) is 4.68 Å². The van der Waals surface area contributed by atoms with E-state index in [2.05, 4.69) is 36.6 Å². The van der Waals surface area contributed by atoms with Gasteiger partial charge in [-0.05, 0) is 31.4 Å². The van der Waals surface area contributed by atoms with Crippen LogP contribution in [-0.2, 0) is 13.0 Å². The van der Waals surface area contributed by atoms with E-state index in [1.807, 2.05) is 26.3 Å². The van der Waals surface area contributed by atoms with E-state index >= 15 is 0 Å². The Hall–Kier alpha value is -0.160. The molecule has 0 amide bonds. The molecule has 0 unspecified atom stereocenters. The predicted molar refractivity (Wildman–Crippen MR) is 92.2 cm³/mol. The van der Waals surface area contributed by atoms with E-state index in [0.717, 1.165) is 24.6 Å². The summed E-state index contributed by atoms with van der Waals surface area (Å²) in [5.74, 6) is 2.03. The summed E-state index contributed by atoms with van der Waals surface area (Å²) in [5.41, 5.74) is 1.16. The molecule has 5 heteroatoms. The molecule has 0 aromatic carbocycles. The molecule has 0 saturated heterocycles. The summed E-state index contributed by atoms with van der Waals surface area (Å²) in [7, 11) is 3.75. The fourth-order valence-corrected chi connectivity index (χ4v) is 3.41. The van der Waals surface area contributed by atoms with Crippen LogP contribution in [0.2, 0.25) is 0 Å². The van der Waals surface area contributed by atoms with Gasteiger partial charge in [0.25, 0.3) is 0 Å².